The molecular weight excluding hydrogens is 318 g/mol. The van der Waals surface area contributed by atoms with E-state index in [9.17, 15) is 4.79 Å². The van der Waals surface area contributed by atoms with Gasteiger partial charge in [0.2, 0.25) is 0 Å². The molecule has 0 radical (unpaired) electrons. The van der Waals surface area contributed by atoms with Crippen molar-refractivity contribution in [2.45, 2.75) is 0 Å². The Labute approximate surface area is 137 Å². The standard InChI is InChI=1S/C17H12ClNO4/c1-21-13-6-2-11(3-7-13)16-10-15(19-23-16)17(20)22-14-8-4-12(18)5-9-14/h2-10H,1H3. The van der Waals surface area contributed by atoms with E-state index < -0.39 is 5.97 Å². The van der Waals surface area contributed by atoms with Gasteiger partial charge < -0.3 is 14.0 Å². The number of benzene rings is 2. The maximum atomic E-state index is 12.0. The van der Waals surface area contributed by atoms with E-state index in [1.807, 2.05) is 12.1 Å². The van der Waals surface area contributed by atoms with E-state index in [1.165, 1.54) is 6.07 Å². The first-order valence-corrected chi connectivity index (χ1v) is 7.12. The molecule has 0 bridgehead atoms. The largest absolute Gasteiger partial charge is 0.497 e. The maximum absolute atomic E-state index is 12.0. The van der Waals surface area contributed by atoms with Crippen molar-refractivity contribution >= 4 is 17.6 Å². The Morgan fingerprint density at radius 3 is 2.35 bits per heavy atom. The van der Waals surface area contributed by atoms with Gasteiger partial charge in [-0.05, 0) is 48.5 Å². The number of aromatic nitrogens is 1. The summed E-state index contributed by atoms with van der Waals surface area (Å²) in [4.78, 5) is 12.0. The summed E-state index contributed by atoms with van der Waals surface area (Å²) >= 11 is 5.78. The fourth-order valence-corrected chi connectivity index (χ4v) is 2.05. The molecule has 0 fully saturated rings. The summed E-state index contributed by atoms with van der Waals surface area (Å²) in [6.45, 7) is 0. The van der Waals surface area contributed by atoms with Crippen LogP contribution >= 0.6 is 11.6 Å². The molecule has 0 atom stereocenters. The topological polar surface area (TPSA) is 61.6 Å². The lowest BCUT2D eigenvalue weighted by Crippen LogP contribution is -2.08. The molecule has 5 nitrogen and oxygen atoms in total. The molecule has 23 heavy (non-hydrogen) atoms. The highest BCUT2D eigenvalue weighted by molar-refractivity contribution is 6.30. The average Bonchev–Trinajstić information content (AvgIpc) is 3.07. The second-order valence-electron chi connectivity index (χ2n) is 4.65. The second-order valence-corrected chi connectivity index (χ2v) is 5.08. The molecule has 3 aromatic rings. The molecule has 0 aliphatic carbocycles. The number of ether oxygens (including phenoxy) is 2. The highest BCUT2D eigenvalue weighted by Gasteiger charge is 2.16. The third kappa shape index (κ3) is 3.52. The van der Waals surface area contributed by atoms with Crippen LogP contribution in [-0.2, 0) is 0 Å². The Hall–Kier alpha value is -2.79. The summed E-state index contributed by atoms with van der Waals surface area (Å²) in [7, 11) is 1.59. The lowest BCUT2D eigenvalue weighted by atomic mass is 10.1. The Balaban J connectivity index is 1.75. The Morgan fingerprint density at radius 2 is 1.70 bits per heavy atom. The van der Waals surface area contributed by atoms with Gasteiger partial charge in [-0.25, -0.2) is 4.79 Å². The van der Waals surface area contributed by atoms with Gasteiger partial charge in [0.15, 0.2) is 11.5 Å². The Kier molecular flexibility index (Phi) is 4.30. The molecule has 6 heteroatoms. The van der Waals surface area contributed by atoms with Crippen molar-refractivity contribution in [1.29, 1.82) is 0 Å². The second kappa shape index (κ2) is 6.54. The van der Waals surface area contributed by atoms with E-state index in [0.717, 1.165) is 11.3 Å². The zero-order valence-electron chi connectivity index (χ0n) is 12.2. The number of rotatable bonds is 4. The van der Waals surface area contributed by atoms with E-state index in [-0.39, 0.29) is 5.69 Å². The minimum absolute atomic E-state index is 0.0887. The van der Waals surface area contributed by atoms with Gasteiger partial charge in [-0.1, -0.05) is 16.8 Å². The number of halogens is 1. The first-order valence-electron chi connectivity index (χ1n) is 6.74. The highest BCUT2D eigenvalue weighted by Crippen LogP contribution is 2.24. The zero-order valence-corrected chi connectivity index (χ0v) is 12.9. The van der Waals surface area contributed by atoms with Gasteiger partial charge >= 0.3 is 5.97 Å². The molecule has 116 valence electrons. The lowest BCUT2D eigenvalue weighted by Gasteiger charge is -2.01. The number of carbonyl (C=O) groups is 1. The minimum atomic E-state index is -0.601. The molecule has 1 heterocycles. The number of hydrogen-bond acceptors (Lipinski definition) is 5. The Bertz CT molecular complexity index is 809. The van der Waals surface area contributed by atoms with Crippen LogP contribution in [0.2, 0.25) is 5.02 Å². The summed E-state index contributed by atoms with van der Waals surface area (Å²) < 4.78 is 15.5. The maximum Gasteiger partial charge on any atom is 0.365 e. The van der Waals surface area contributed by atoms with Gasteiger partial charge in [0.1, 0.15) is 11.5 Å². The number of nitrogens with zero attached hydrogens (tertiary/aromatic N) is 1. The highest BCUT2D eigenvalue weighted by atomic mass is 35.5. The van der Waals surface area contributed by atoms with Crippen LogP contribution in [0.3, 0.4) is 0 Å². The molecule has 0 spiro atoms. The van der Waals surface area contributed by atoms with Gasteiger partial charge in [-0.3, -0.25) is 0 Å². The average molecular weight is 330 g/mol. The summed E-state index contributed by atoms with van der Waals surface area (Å²) in [5.41, 5.74) is 0.870. The van der Waals surface area contributed by atoms with Crippen LogP contribution in [0, 0.1) is 0 Å². The molecule has 0 aliphatic heterocycles. The fourth-order valence-electron chi connectivity index (χ4n) is 1.92. The van der Waals surface area contributed by atoms with Crippen molar-refractivity contribution < 1.29 is 18.8 Å². The molecule has 0 unspecified atom stereocenters. The third-order valence-corrected chi connectivity index (χ3v) is 3.37. The first-order chi connectivity index (χ1) is 11.2. The predicted molar refractivity (Wildman–Crippen MR) is 84.9 cm³/mol. The predicted octanol–water partition coefficient (Wildman–Crippen LogP) is 4.22. The van der Waals surface area contributed by atoms with Gasteiger partial charge in [0, 0.05) is 16.7 Å². The SMILES string of the molecule is COc1ccc(-c2cc(C(=O)Oc3ccc(Cl)cc3)no2)cc1. The van der Waals surface area contributed by atoms with Crippen LogP contribution in [0.25, 0.3) is 11.3 Å². The minimum Gasteiger partial charge on any atom is -0.497 e. The number of hydrogen-bond donors (Lipinski definition) is 0. The fraction of sp³-hybridized carbons (Fsp3) is 0.0588. The van der Waals surface area contributed by atoms with Crippen LogP contribution in [0.5, 0.6) is 11.5 Å². The summed E-state index contributed by atoms with van der Waals surface area (Å²) in [5, 5.41) is 4.30. The van der Waals surface area contributed by atoms with Crippen molar-refractivity contribution in [3.8, 4) is 22.8 Å². The summed E-state index contributed by atoms with van der Waals surface area (Å²) in [6, 6.07) is 15.2. The van der Waals surface area contributed by atoms with Crippen LogP contribution in [0.1, 0.15) is 10.5 Å². The van der Waals surface area contributed by atoms with Crippen molar-refractivity contribution in [2.24, 2.45) is 0 Å². The molecule has 1 aromatic heterocycles. The molecular formula is C17H12ClNO4. The van der Waals surface area contributed by atoms with Crippen molar-refractivity contribution in [1.82, 2.24) is 5.16 Å². The monoisotopic (exact) mass is 329 g/mol. The zero-order chi connectivity index (χ0) is 16.2. The van der Waals surface area contributed by atoms with E-state index in [4.69, 9.17) is 25.6 Å². The number of methoxy groups -OCH3 is 1. The van der Waals surface area contributed by atoms with Gasteiger partial charge in [0.25, 0.3) is 0 Å². The third-order valence-electron chi connectivity index (χ3n) is 3.12. The molecule has 3 rings (SSSR count). The normalized spacial score (nSPS) is 10.3. The van der Waals surface area contributed by atoms with Crippen LogP contribution < -0.4 is 9.47 Å². The van der Waals surface area contributed by atoms with Crippen molar-refractivity contribution in [3.63, 3.8) is 0 Å². The summed E-state index contributed by atoms with van der Waals surface area (Å²) in [5.74, 6) is 0.982. The van der Waals surface area contributed by atoms with Crippen LogP contribution in [0.15, 0.2) is 59.1 Å². The molecule has 0 saturated carbocycles. The molecule has 0 amide bonds. The van der Waals surface area contributed by atoms with Crippen molar-refractivity contribution in [3.05, 3.63) is 65.3 Å². The Morgan fingerprint density at radius 1 is 1.04 bits per heavy atom. The van der Waals surface area contributed by atoms with Gasteiger partial charge in [-0.15, -0.1) is 0 Å². The van der Waals surface area contributed by atoms with E-state index >= 15 is 0 Å². The molecule has 0 N–H and O–H groups in total. The number of esters is 1. The van der Waals surface area contributed by atoms with Gasteiger partial charge in [0.05, 0.1) is 7.11 Å². The smallest absolute Gasteiger partial charge is 0.365 e. The van der Waals surface area contributed by atoms with E-state index in [0.29, 0.717) is 16.5 Å². The number of carbonyl (C=O) groups excluding carboxylic acids is 1. The molecule has 2 aromatic carbocycles. The van der Waals surface area contributed by atoms with E-state index in [1.54, 1.807) is 43.5 Å². The molecule has 0 aliphatic rings. The molecule has 0 saturated heterocycles. The van der Waals surface area contributed by atoms with Gasteiger partial charge in [-0.2, -0.15) is 0 Å². The van der Waals surface area contributed by atoms with E-state index in [2.05, 4.69) is 5.16 Å². The first kappa shape index (κ1) is 15.1. The van der Waals surface area contributed by atoms with Crippen LogP contribution in [-0.4, -0.2) is 18.2 Å². The summed E-state index contributed by atoms with van der Waals surface area (Å²) in [6.07, 6.45) is 0. The van der Waals surface area contributed by atoms with Crippen LogP contribution in [0.4, 0.5) is 0 Å². The lowest BCUT2D eigenvalue weighted by molar-refractivity contribution is 0.0724. The van der Waals surface area contributed by atoms with Crippen molar-refractivity contribution in [2.75, 3.05) is 7.11 Å². The quantitative estimate of drug-likeness (QED) is 0.529.